The number of carbonyl (C=O) groups is 1. The molecule has 2 saturated heterocycles. The van der Waals surface area contributed by atoms with Crippen LogP contribution >= 0.6 is 0 Å². The largest absolute Gasteiger partial charge is 0.493 e. The van der Waals surface area contributed by atoms with Crippen molar-refractivity contribution in [3.63, 3.8) is 0 Å². The molecule has 1 aliphatic carbocycles. The molecule has 4 heterocycles. The van der Waals surface area contributed by atoms with Crippen molar-refractivity contribution in [2.45, 2.75) is 95.4 Å². The van der Waals surface area contributed by atoms with Crippen molar-refractivity contribution in [3.05, 3.63) is 42.7 Å². The Kier molecular flexibility index (Phi) is 10.6. The Morgan fingerprint density at radius 3 is 2.51 bits per heavy atom. The maximum absolute atomic E-state index is 11.3. The summed E-state index contributed by atoms with van der Waals surface area (Å²) in [5, 5.41) is 4.45. The van der Waals surface area contributed by atoms with Crippen LogP contribution in [0.4, 0.5) is 5.95 Å². The van der Waals surface area contributed by atoms with E-state index in [-0.39, 0.29) is 5.75 Å². The molecule has 1 saturated carbocycles. The zero-order chi connectivity index (χ0) is 30.2. The zero-order valence-electron chi connectivity index (χ0n) is 25.4. The quantitative estimate of drug-likeness (QED) is 0.234. The average molecular weight is 612 g/mol. The first-order valence-corrected chi connectivity index (χ1v) is 17.8. The number of nitrogens with one attached hydrogen (secondary N) is 1. The molecule has 1 N–H and O–H groups in total. The van der Waals surface area contributed by atoms with Crippen molar-refractivity contribution in [1.29, 1.82) is 0 Å². The maximum Gasteiger partial charge on any atom is 0.224 e. The van der Waals surface area contributed by atoms with Crippen molar-refractivity contribution in [1.82, 2.24) is 19.4 Å². The summed E-state index contributed by atoms with van der Waals surface area (Å²) >= 11 is 0. The summed E-state index contributed by atoms with van der Waals surface area (Å²) in [6, 6.07) is 11.1. The number of anilines is 1. The Balaban J connectivity index is 0.000000235. The van der Waals surface area contributed by atoms with Crippen LogP contribution in [0.3, 0.4) is 0 Å². The van der Waals surface area contributed by atoms with Crippen molar-refractivity contribution in [2.24, 2.45) is 0 Å². The third kappa shape index (κ3) is 8.26. The number of benzene rings is 1. The van der Waals surface area contributed by atoms with Gasteiger partial charge < -0.3 is 24.3 Å². The predicted octanol–water partition coefficient (Wildman–Crippen LogP) is 5.15. The molecule has 3 aliphatic rings. The van der Waals surface area contributed by atoms with E-state index < -0.39 is 9.84 Å². The van der Waals surface area contributed by atoms with E-state index in [2.05, 4.69) is 10.3 Å². The van der Waals surface area contributed by atoms with Crippen LogP contribution in [-0.2, 0) is 19.4 Å². The van der Waals surface area contributed by atoms with Crippen LogP contribution < -0.4 is 10.1 Å². The van der Waals surface area contributed by atoms with Crippen LogP contribution in [0.25, 0.3) is 16.7 Å². The van der Waals surface area contributed by atoms with Crippen LogP contribution in [0.2, 0.25) is 0 Å². The lowest BCUT2D eigenvalue weighted by molar-refractivity contribution is -0.124. The van der Waals surface area contributed by atoms with Gasteiger partial charge in [0.25, 0.3) is 0 Å². The molecule has 2 unspecified atom stereocenters. The van der Waals surface area contributed by atoms with Gasteiger partial charge in [0.05, 0.1) is 24.0 Å². The van der Waals surface area contributed by atoms with Gasteiger partial charge in [0.1, 0.15) is 21.4 Å². The van der Waals surface area contributed by atoms with E-state index in [0.29, 0.717) is 43.2 Å². The van der Waals surface area contributed by atoms with E-state index >= 15 is 0 Å². The monoisotopic (exact) mass is 611 g/mol. The minimum atomic E-state index is -2.97. The van der Waals surface area contributed by atoms with Crippen LogP contribution in [0.15, 0.2) is 42.7 Å². The molecular formula is C32H45N5O5S. The fourth-order valence-corrected chi connectivity index (χ4v) is 7.30. The van der Waals surface area contributed by atoms with E-state index in [0.717, 1.165) is 48.3 Å². The van der Waals surface area contributed by atoms with Crippen LogP contribution in [0.1, 0.15) is 71.1 Å². The second-order valence-corrected chi connectivity index (χ2v) is 14.2. The highest BCUT2D eigenvalue weighted by molar-refractivity contribution is 7.90. The molecule has 11 heteroatoms. The number of nitrogens with zero attached hydrogens (tertiary/aromatic N) is 4. The summed E-state index contributed by atoms with van der Waals surface area (Å²) in [6.07, 6.45) is 17.5. The Labute approximate surface area is 255 Å². The number of hydrogen-bond donors (Lipinski definition) is 1. The fourth-order valence-electron chi connectivity index (χ4n) is 6.66. The van der Waals surface area contributed by atoms with E-state index in [9.17, 15) is 13.2 Å². The molecule has 2 atom stereocenters. The molecule has 3 aromatic rings. The Hall–Kier alpha value is -3.18. The van der Waals surface area contributed by atoms with Gasteiger partial charge in [0.2, 0.25) is 12.4 Å². The summed E-state index contributed by atoms with van der Waals surface area (Å²) in [7, 11) is -2.97. The molecular weight excluding hydrogens is 566 g/mol. The number of rotatable bonds is 11. The van der Waals surface area contributed by atoms with Crippen LogP contribution in [0.5, 0.6) is 5.75 Å². The van der Waals surface area contributed by atoms with E-state index in [1.807, 2.05) is 52.9 Å². The van der Waals surface area contributed by atoms with Crippen molar-refractivity contribution in [3.8, 4) is 11.6 Å². The third-order valence-electron chi connectivity index (χ3n) is 8.71. The van der Waals surface area contributed by atoms with Gasteiger partial charge in [-0.05, 0) is 76.1 Å². The smallest absolute Gasteiger partial charge is 0.224 e. The van der Waals surface area contributed by atoms with Crippen LogP contribution in [-0.4, -0.2) is 83.7 Å². The second-order valence-electron chi connectivity index (χ2n) is 11.9. The van der Waals surface area contributed by atoms with Crippen molar-refractivity contribution in [2.75, 3.05) is 30.5 Å². The summed E-state index contributed by atoms with van der Waals surface area (Å²) in [6.45, 7) is 3.19. The molecule has 10 nitrogen and oxygen atoms in total. The molecule has 1 amide bonds. The molecule has 0 spiro atoms. The standard InChI is InChI=1S/C22H28N4O3S.C10H17NO2/c1-30(27,28)16-6-15-29-20-10-5-9-19-18(20)12-14-26(19)21-11-13-23-22(25-21)24-17-7-3-2-4-8-17;1-2-13-10-5-8-3-4-9(6-10)11(8)7-12/h5,9-14,17H,2-4,6-8,15-16H2,1H3,(H,23,24,25);7-10H,2-6H2,1H3. The minimum absolute atomic E-state index is 0.127. The Morgan fingerprint density at radius 2 is 1.81 bits per heavy atom. The summed E-state index contributed by atoms with van der Waals surface area (Å²) in [4.78, 5) is 21.9. The lowest BCUT2D eigenvalue weighted by Gasteiger charge is -2.36. The average Bonchev–Trinajstić information content (AvgIpc) is 3.54. The third-order valence-corrected chi connectivity index (χ3v) is 9.74. The van der Waals surface area contributed by atoms with Gasteiger partial charge >= 0.3 is 0 Å². The van der Waals surface area contributed by atoms with Gasteiger partial charge in [-0.1, -0.05) is 25.3 Å². The van der Waals surface area contributed by atoms with E-state index in [4.69, 9.17) is 14.5 Å². The number of fused-ring (bicyclic) bond motifs is 3. The first-order valence-electron chi connectivity index (χ1n) is 15.7. The number of hydrogen-bond acceptors (Lipinski definition) is 8. The SMILES string of the molecule is CCOC1CC2CCC(C1)N2C=O.CS(=O)(=O)CCCOc1cccc2c1ccn2-c1ccnc(NC2CCCCC2)n1. The molecule has 3 fully saturated rings. The van der Waals surface area contributed by atoms with Gasteiger partial charge in [-0.15, -0.1) is 0 Å². The Bertz CT molecular complexity index is 1440. The van der Waals surface area contributed by atoms with Gasteiger partial charge in [-0.2, -0.15) is 4.98 Å². The predicted molar refractivity (Wildman–Crippen MR) is 169 cm³/mol. The van der Waals surface area contributed by atoms with Gasteiger partial charge in [-0.25, -0.2) is 13.4 Å². The minimum Gasteiger partial charge on any atom is -0.493 e. The summed E-state index contributed by atoms with van der Waals surface area (Å²) in [5.41, 5.74) is 0.984. The first-order chi connectivity index (χ1) is 20.8. The lowest BCUT2D eigenvalue weighted by Crippen LogP contribution is -2.44. The molecule has 1 aromatic carbocycles. The van der Waals surface area contributed by atoms with E-state index in [1.165, 1.54) is 51.2 Å². The number of ether oxygens (including phenoxy) is 2. The van der Waals surface area contributed by atoms with E-state index in [1.54, 1.807) is 6.20 Å². The molecule has 6 rings (SSSR count). The number of piperidine rings is 1. The van der Waals surface area contributed by atoms with Gasteiger partial charge in [0, 0.05) is 48.8 Å². The highest BCUT2D eigenvalue weighted by atomic mass is 32.2. The molecule has 2 bridgehead atoms. The number of sulfone groups is 1. The van der Waals surface area contributed by atoms with Crippen molar-refractivity contribution >= 4 is 33.1 Å². The Morgan fingerprint density at radius 1 is 1.05 bits per heavy atom. The fraction of sp³-hybridized carbons (Fsp3) is 0.594. The molecule has 2 aromatic heterocycles. The molecule has 0 radical (unpaired) electrons. The molecule has 2 aliphatic heterocycles. The first kappa shape index (κ1) is 31.3. The topological polar surface area (TPSA) is 116 Å². The lowest BCUT2D eigenvalue weighted by atomic mass is 9.96. The molecule has 43 heavy (non-hydrogen) atoms. The number of carbonyl (C=O) groups excluding carboxylic acids is 1. The van der Waals surface area contributed by atoms with Gasteiger partial charge in [-0.3, -0.25) is 4.79 Å². The molecule has 234 valence electrons. The second kappa shape index (κ2) is 14.5. The van der Waals surface area contributed by atoms with Crippen LogP contribution in [0, 0.1) is 0 Å². The normalized spacial score (nSPS) is 22.2. The van der Waals surface area contributed by atoms with Crippen molar-refractivity contribution < 1.29 is 22.7 Å². The highest BCUT2D eigenvalue weighted by Crippen LogP contribution is 2.35. The maximum atomic E-state index is 11.3. The zero-order valence-corrected chi connectivity index (χ0v) is 26.2. The number of aromatic nitrogens is 3. The number of amides is 1. The highest BCUT2D eigenvalue weighted by Gasteiger charge is 2.40. The summed E-state index contributed by atoms with van der Waals surface area (Å²) in [5.74, 6) is 2.33. The van der Waals surface area contributed by atoms with Gasteiger partial charge in [0.15, 0.2) is 0 Å². The summed E-state index contributed by atoms with van der Waals surface area (Å²) < 4.78 is 36.1.